The highest BCUT2D eigenvalue weighted by atomic mass is 28.3. The SMILES string of the molecule is C[SiH](C)C1CCCCC1.O. The van der Waals surface area contributed by atoms with Gasteiger partial charge in [-0.25, -0.2) is 0 Å². The van der Waals surface area contributed by atoms with E-state index < -0.39 is 0 Å². The van der Waals surface area contributed by atoms with Crippen LogP contribution in [0.5, 0.6) is 0 Å². The van der Waals surface area contributed by atoms with Crippen molar-refractivity contribution in [3.8, 4) is 0 Å². The largest absolute Gasteiger partial charge is 0.412 e. The first kappa shape index (κ1) is 10.2. The summed E-state index contributed by atoms with van der Waals surface area (Å²) in [6.45, 7) is 4.99. The Morgan fingerprint density at radius 1 is 1.00 bits per heavy atom. The zero-order chi connectivity index (χ0) is 6.69. The van der Waals surface area contributed by atoms with Crippen molar-refractivity contribution in [2.75, 3.05) is 0 Å². The third-order valence-electron chi connectivity index (χ3n) is 2.59. The number of hydrogen-bond donors (Lipinski definition) is 0. The highest BCUT2D eigenvalue weighted by Crippen LogP contribution is 2.30. The van der Waals surface area contributed by atoms with Crippen LogP contribution in [-0.2, 0) is 0 Å². The lowest BCUT2D eigenvalue weighted by atomic mass is 10.0. The summed E-state index contributed by atoms with van der Waals surface area (Å²) in [5, 5.41) is 0. The van der Waals surface area contributed by atoms with Crippen LogP contribution in [0.1, 0.15) is 32.1 Å². The van der Waals surface area contributed by atoms with Crippen molar-refractivity contribution >= 4 is 8.80 Å². The van der Waals surface area contributed by atoms with E-state index in [0.29, 0.717) is 0 Å². The van der Waals surface area contributed by atoms with E-state index in [-0.39, 0.29) is 14.3 Å². The Labute approximate surface area is 65.7 Å². The molecule has 1 aliphatic carbocycles. The molecule has 2 N–H and O–H groups in total. The van der Waals surface area contributed by atoms with E-state index in [2.05, 4.69) is 13.1 Å². The van der Waals surface area contributed by atoms with Gasteiger partial charge >= 0.3 is 0 Å². The topological polar surface area (TPSA) is 31.5 Å². The Hall–Kier alpha value is 0.177. The van der Waals surface area contributed by atoms with Crippen LogP contribution < -0.4 is 0 Å². The van der Waals surface area contributed by atoms with Crippen LogP contribution in [0.15, 0.2) is 0 Å². The molecule has 0 aromatic carbocycles. The van der Waals surface area contributed by atoms with Gasteiger partial charge in [0, 0.05) is 8.80 Å². The molecule has 2 heteroatoms. The third kappa shape index (κ3) is 2.84. The highest BCUT2D eigenvalue weighted by Gasteiger charge is 2.16. The van der Waals surface area contributed by atoms with Crippen molar-refractivity contribution < 1.29 is 5.48 Å². The van der Waals surface area contributed by atoms with E-state index in [4.69, 9.17) is 0 Å². The van der Waals surface area contributed by atoms with E-state index >= 15 is 0 Å². The zero-order valence-corrected chi connectivity index (χ0v) is 8.34. The van der Waals surface area contributed by atoms with Crippen LogP contribution in [0.3, 0.4) is 0 Å². The molecule has 0 saturated heterocycles. The lowest BCUT2D eigenvalue weighted by molar-refractivity contribution is 0.497. The highest BCUT2D eigenvalue weighted by molar-refractivity contribution is 6.57. The van der Waals surface area contributed by atoms with Crippen LogP contribution in [0.2, 0.25) is 18.6 Å². The first-order valence-corrected chi connectivity index (χ1v) is 7.28. The fraction of sp³-hybridized carbons (Fsp3) is 1.00. The maximum absolute atomic E-state index is 2.50. The fourth-order valence-electron chi connectivity index (χ4n) is 1.80. The maximum Gasteiger partial charge on any atom is 0.0337 e. The lowest BCUT2D eigenvalue weighted by Crippen LogP contribution is -2.14. The second-order valence-corrected chi connectivity index (χ2v) is 7.07. The van der Waals surface area contributed by atoms with Gasteiger partial charge in [0.1, 0.15) is 0 Å². The standard InChI is InChI=1S/C8H18Si.H2O/c1-9(2)8-6-4-3-5-7-8;/h8-9H,3-7H2,1-2H3;1H2. The summed E-state index contributed by atoms with van der Waals surface area (Å²) < 4.78 is 0. The van der Waals surface area contributed by atoms with Crippen molar-refractivity contribution in [1.29, 1.82) is 0 Å². The molecule has 0 aliphatic heterocycles. The molecule has 1 rings (SSSR count). The van der Waals surface area contributed by atoms with Crippen LogP contribution in [0.25, 0.3) is 0 Å². The Kier molecular flexibility index (Phi) is 5.00. The zero-order valence-electron chi connectivity index (χ0n) is 7.19. The molecule has 0 unspecified atom stereocenters. The summed E-state index contributed by atoms with van der Waals surface area (Å²) in [6.07, 6.45) is 7.68. The van der Waals surface area contributed by atoms with Gasteiger partial charge in [0.15, 0.2) is 0 Å². The van der Waals surface area contributed by atoms with Crippen LogP contribution in [-0.4, -0.2) is 14.3 Å². The normalized spacial score (nSPS) is 20.7. The summed E-state index contributed by atoms with van der Waals surface area (Å²) in [7, 11) is -0.252. The van der Waals surface area contributed by atoms with E-state index in [1.807, 2.05) is 0 Å². The average Bonchev–Trinajstić information content (AvgIpc) is 1.90. The Morgan fingerprint density at radius 2 is 1.50 bits per heavy atom. The number of rotatable bonds is 1. The molecule has 1 saturated carbocycles. The van der Waals surface area contributed by atoms with E-state index in [1.54, 1.807) is 12.8 Å². The van der Waals surface area contributed by atoms with Gasteiger partial charge in [0.05, 0.1) is 0 Å². The minimum Gasteiger partial charge on any atom is -0.412 e. The monoisotopic (exact) mass is 160 g/mol. The number of hydrogen-bond acceptors (Lipinski definition) is 0. The predicted molar refractivity (Wildman–Crippen MR) is 49.3 cm³/mol. The van der Waals surface area contributed by atoms with Crippen molar-refractivity contribution in [3.63, 3.8) is 0 Å². The Bertz CT molecular complexity index is 77.3. The first-order valence-electron chi connectivity index (χ1n) is 4.30. The summed E-state index contributed by atoms with van der Waals surface area (Å²) >= 11 is 0. The molecule has 1 aliphatic rings. The van der Waals surface area contributed by atoms with Crippen LogP contribution in [0.4, 0.5) is 0 Å². The molecule has 0 amide bonds. The van der Waals surface area contributed by atoms with Gasteiger partial charge in [0.25, 0.3) is 0 Å². The van der Waals surface area contributed by atoms with Gasteiger partial charge in [-0.1, -0.05) is 45.2 Å². The van der Waals surface area contributed by atoms with E-state index in [9.17, 15) is 0 Å². The quantitative estimate of drug-likeness (QED) is 0.525. The first-order chi connectivity index (χ1) is 4.30. The van der Waals surface area contributed by atoms with Crippen LogP contribution >= 0.6 is 0 Å². The molecular weight excluding hydrogens is 140 g/mol. The summed E-state index contributed by atoms with van der Waals surface area (Å²) in [5.74, 6) is 0. The Balaban J connectivity index is 0.000000810. The molecule has 0 radical (unpaired) electrons. The van der Waals surface area contributed by atoms with Gasteiger partial charge in [-0.05, 0) is 5.54 Å². The predicted octanol–water partition coefficient (Wildman–Crippen LogP) is 1.98. The van der Waals surface area contributed by atoms with Crippen molar-refractivity contribution in [2.45, 2.75) is 50.7 Å². The Morgan fingerprint density at radius 3 is 1.80 bits per heavy atom. The van der Waals surface area contributed by atoms with Gasteiger partial charge in [-0.15, -0.1) is 0 Å². The lowest BCUT2D eigenvalue weighted by Gasteiger charge is -2.23. The van der Waals surface area contributed by atoms with E-state index in [0.717, 1.165) is 0 Å². The van der Waals surface area contributed by atoms with Crippen LogP contribution in [0, 0.1) is 0 Å². The molecule has 0 bridgehead atoms. The molecule has 1 fully saturated rings. The van der Waals surface area contributed by atoms with Gasteiger partial charge in [0.2, 0.25) is 0 Å². The molecule has 0 spiro atoms. The molecule has 62 valence electrons. The molecule has 0 atom stereocenters. The third-order valence-corrected chi connectivity index (χ3v) is 5.14. The molecule has 10 heavy (non-hydrogen) atoms. The van der Waals surface area contributed by atoms with Crippen molar-refractivity contribution in [1.82, 2.24) is 0 Å². The summed E-state index contributed by atoms with van der Waals surface area (Å²) in [5.41, 5.74) is 1.19. The summed E-state index contributed by atoms with van der Waals surface area (Å²) in [6, 6.07) is 0. The molecule has 0 aromatic heterocycles. The fourth-order valence-corrected chi connectivity index (χ4v) is 3.61. The van der Waals surface area contributed by atoms with Gasteiger partial charge in [-0.2, -0.15) is 0 Å². The van der Waals surface area contributed by atoms with Gasteiger partial charge in [-0.3, -0.25) is 0 Å². The minimum atomic E-state index is -0.252. The van der Waals surface area contributed by atoms with Crippen molar-refractivity contribution in [2.24, 2.45) is 0 Å². The second-order valence-electron chi connectivity index (χ2n) is 3.64. The average molecular weight is 160 g/mol. The van der Waals surface area contributed by atoms with Gasteiger partial charge < -0.3 is 5.48 Å². The molecular formula is C8H20OSi. The maximum atomic E-state index is 2.50. The second kappa shape index (κ2) is 4.91. The molecule has 0 heterocycles. The molecule has 1 nitrogen and oxygen atoms in total. The summed E-state index contributed by atoms with van der Waals surface area (Å²) in [4.78, 5) is 0. The minimum absolute atomic E-state index is 0. The smallest absolute Gasteiger partial charge is 0.0337 e. The van der Waals surface area contributed by atoms with E-state index in [1.165, 1.54) is 24.8 Å². The molecule has 0 aromatic rings. The van der Waals surface area contributed by atoms with Crippen molar-refractivity contribution in [3.05, 3.63) is 0 Å².